The maximum atomic E-state index is 12.3. The van der Waals surface area contributed by atoms with Crippen LogP contribution in [0.4, 0.5) is 0 Å². The van der Waals surface area contributed by atoms with Gasteiger partial charge in [-0.15, -0.1) is 0 Å². The van der Waals surface area contributed by atoms with Gasteiger partial charge in [-0.2, -0.15) is 0 Å². The van der Waals surface area contributed by atoms with Gasteiger partial charge < -0.3 is 28.4 Å². The average Bonchev–Trinajstić information content (AvgIpc) is 3.23. The number of hydrogen-bond acceptors (Lipinski definition) is 8. The van der Waals surface area contributed by atoms with Crippen molar-refractivity contribution in [3.63, 3.8) is 0 Å². The first-order chi connectivity index (χ1) is 14.1. The van der Waals surface area contributed by atoms with E-state index in [9.17, 15) is 4.79 Å². The first-order valence-electron chi connectivity index (χ1n) is 8.82. The van der Waals surface area contributed by atoms with Gasteiger partial charge in [-0.05, 0) is 29.8 Å². The number of rotatable bonds is 7. The topological polar surface area (TPSA) is 84.8 Å². The third-order valence-electron chi connectivity index (χ3n) is 4.58. The van der Waals surface area contributed by atoms with Crippen LogP contribution in [-0.2, 0) is 14.3 Å². The zero-order valence-electron chi connectivity index (χ0n) is 16.9. The second-order valence-electron chi connectivity index (χ2n) is 6.13. The van der Waals surface area contributed by atoms with Crippen molar-refractivity contribution >= 4 is 11.9 Å². The molecule has 0 saturated heterocycles. The molecule has 1 aliphatic heterocycles. The Kier molecular flexibility index (Phi) is 6.11. The molecule has 0 aliphatic carbocycles. The van der Waals surface area contributed by atoms with E-state index in [1.807, 2.05) is 12.1 Å². The molecule has 0 radical (unpaired) electrons. The number of hydrogen-bond donors (Lipinski definition) is 0. The maximum absolute atomic E-state index is 12.3. The molecule has 0 aromatic heterocycles. The van der Waals surface area contributed by atoms with E-state index in [1.165, 1.54) is 28.4 Å². The van der Waals surface area contributed by atoms with E-state index in [2.05, 4.69) is 4.99 Å². The summed E-state index contributed by atoms with van der Waals surface area (Å²) in [7, 11) is 7.48. The Bertz CT molecular complexity index is 883. The molecule has 0 spiro atoms. The third-order valence-corrected chi connectivity index (χ3v) is 4.58. The van der Waals surface area contributed by atoms with Gasteiger partial charge in [-0.1, -0.05) is 12.1 Å². The Balaban J connectivity index is 2.00. The maximum Gasteiger partial charge on any atom is 0.335 e. The molecule has 0 saturated carbocycles. The summed E-state index contributed by atoms with van der Waals surface area (Å²) in [6.45, 7) is 0. The fraction of sp³-hybridized carbons (Fsp3) is 0.333. The van der Waals surface area contributed by atoms with Crippen LogP contribution in [0.25, 0.3) is 0 Å². The number of nitrogens with zero attached hydrogens (tertiary/aromatic N) is 1. The largest absolute Gasteiger partial charge is 0.497 e. The predicted octanol–water partition coefficient (Wildman–Crippen LogP) is 2.78. The van der Waals surface area contributed by atoms with Gasteiger partial charge in [-0.3, -0.25) is 0 Å². The molecule has 0 unspecified atom stereocenters. The number of esters is 1. The Hall–Kier alpha value is -3.42. The van der Waals surface area contributed by atoms with Crippen LogP contribution in [0, 0.1) is 0 Å². The Morgan fingerprint density at radius 1 is 0.897 bits per heavy atom. The Morgan fingerprint density at radius 3 is 2.00 bits per heavy atom. The molecule has 0 N–H and O–H groups in total. The van der Waals surface area contributed by atoms with Crippen LogP contribution in [0.15, 0.2) is 41.4 Å². The molecule has 1 aliphatic rings. The zero-order chi connectivity index (χ0) is 21.0. The van der Waals surface area contributed by atoms with Gasteiger partial charge in [0.15, 0.2) is 23.6 Å². The lowest BCUT2D eigenvalue weighted by Crippen LogP contribution is -2.25. The summed E-state index contributed by atoms with van der Waals surface area (Å²) < 4.78 is 32.3. The van der Waals surface area contributed by atoms with Crippen LogP contribution in [0.1, 0.15) is 17.2 Å². The summed E-state index contributed by atoms with van der Waals surface area (Å²) in [4.78, 5) is 16.8. The van der Waals surface area contributed by atoms with Crippen molar-refractivity contribution in [2.45, 2.75) is 12.1 Å². The molecule has 2 aromatic rings. The van der Waals surface area contributed by atoms with Crippen molar-refractivity contribution in [1.29, 1.82) is 0 Å². The Morgan fingerprint density at radius 2 is 1.52 bits per heavy atom. The molecule has 154 valence electrons. The summed E-state index contributed by atoms with van der Waals surface area (Å²) in [5.41, 5.74) is 1.36. The van der Waals surface area contributed by atoms with E-state index in [0.29, 0.717) is 28.6 Å². The minimum atomic E-state index is -0.845. The van der Waals surface area contributed by atoms with Gasteiger partial charge in [0.05, 0.1) is 35.5 Å². The van der Waals surface area contributed by atoms with Crippen LogP contribution in [0.3, 0.4) is 0 Å². The quantitative estimate of drug-likeness (QED) is 0.660. The molecule has 8 heteroatoms. The van der Waals surface area contributed by atoms with Crippen molar-refractivity contribution in [3.8, 4) is 23.0 Å². The van der Waals surface area contributed by atoms with Gasteiger partial charge >= 0.3 is 5.97 Å². The van der Waals surface area contributed by atoms with E-state index in [-0.39, 0.29) is 5.90 Å². The summed E-state index contributed by atoms with van der Waals surface area (Å²) >= 11 is 0. The van der Waals surface area contributed by atoms with Gasteiger partial charge in [0.1, 0.15) is 5.75 Å². The lowest BCUT2D eigenvalue weighted by Gasteiger charge is -2.17. The summed E-state index contributed by atoms with van der Waals surface area (Å²) in [6, 6.07) is 9.83. The number of aliphatic imine (C=N–C) groups is 1. The monoisotopic (exact) mass is 401 g/mol. The lowest BCUT2D eigenvalue weighted by atomic mass is 10.0. The van der Waals surface area contributed by atoms with Crippen molar-refractivity contribution in [3.05, 3.63) is 47.5 Å². The first-order valence-corrected chi connectivity index (χ1v) is 8.82. The van der Waals surface area contributed by atoms with Crippen LogP contribution in [0.5, 0.6) is 23.0 Å². The molecular formula is C21H23NO7. The highest BCUT2D eigenvalue weighted by Gasteiger charge is 2.39. The number of carbonyl (C=O) groups excluding carboxylic acids is 1. The number of carbonyl (C=O) groups is 1. The Labute approximate surface area is 169 Å². The lowest BCUT2D eigenvalue weighted by molar-refractivity contribution is -0.143. The molecule has 2 aromatic carbocycles. The highest BCUT2D eigenvalue weighted by Crippen LogP contribution is 2.40. The fourth-order valence-electron chi connectivity index (χ4n) is 3.10. The van der Waals surface area contributed by atoms with Gasteiger partial charge in [0, 0.05) is 5.56 Å². The molecule has 29 heavy (non-hydrogen) atoms. The van der Waals surface area contributed by atoms with E-state index in [0.717, 1.165) is 5.56 Å². The molecule has 1 heterocycles. The normalized spacial score (nSPS) is 17.8. The van der Waals surface area contributed by atoms with Gasteiger partial charge in [0.25, 0.3) is 0 Å². The number of ether oxygens (including phenoxy) is 6. The molecule has 8 nitrogen and oxygen atoms in total. The van der Waals surface area contributed by atoms with Crippen molar-refractivity contribution < 1.29 is 33.2 Å². The molecule has 0 amide bonds. The van der Waals surface area contributed by atoms with Gasteiger partial charge in [0.2, 0.25) is 11.6 Å². The molecule has 0 fully saturated rings. The highest BCUT2D eigenvalue weighted by atomic mass is 16.5. The summed E-state index contributed by atoms with van der Waals surface area (Å²) in [6.07, 6.45) is -0.637. The molecule has 0 bridgehead atoms. The minimum Gasteiger partial charge on any atom is -0.497 e. The minimum absolute atomic E-state index is 0.278. The number of methoxy groups -OCH3 is 5. The van der Waals surface area contributed by atoms with Crippen LogP contribution >= 0.6 is 0 Å². The van der Waals surface area contributed by atoms with Crippen LogP contribution in [-0.4, -0.2) is 53.5 Å². The highest BCUT2D eigenvalue weighted by molar-refractivity contribution is 5.99. The SMILES string of the molecule is COC(=O)[C@H]1N=C(c2cc(OC)c(OC)c(OC)c2)O[C@H]1c1ccc(OC)cc1. The first kappa shape index (κ1) is 20.3. The average molecular weight is 401 g/mol. The summed E-state index contributed by atoms with van der Waals surface area (Å²) in [5, 5.41) is 0. The standard InChI is InChI=1S/C21H23NO7/c1-24-14-8-6-12(7-9-14)18-17(21(23)28-5)22-20(29-18)13-10-15(25-2)19(27-4)16(11-13)26-3/h6-11,17-18H,1-5H3/t17-,18-/m0/s1. The van der Waals surface area contributed by atoms with E-state index < -0.39 is 18.1 Å². The smallest absolute Gasteiger partial charge is 0.335 e. The molecule has 3 rings (SSSR count). The fourth-order valence-corrected chi connectivity index (χ4v) is 3.10. The second kappa shape index (κ2) is 8.72. The van der Waals surface area contributed by atoms with Crippen LogP contribution in [0.2, 0.25) is 0 Å². The number of benzene rings is 2. The van der Waals surface area contributed by atoms with E-state index in [1.54, 1.807) is 31.4 Å². The van der Waals surface area contributed by atoms with E-state index >= 15 is 0 Å². The van der Waals surface area contributed by atoms with Crippen LogP contribution < -0.4 is 18.9 Å². The van der Waals surface area contributed by atoms with E-state index in [4.69, 9.17) is 28.4 Å². The van der Waals surface area contributed by atoms with Gasteiger partial charge in [-0.25, -0.2) is 9.79 Å². The van der Waals surface area contributed by atoms with Crippen molar-refractivity contribution in [1.82, 2.24) is 0 Å². The predicted molar refractivity (Wildman–Crippen MR) is 105 cm³/mol. The van der Waals surface area contributed by atoms with Crippen molar-refractivity contribution in [2.24, 2.45) is 4.99 Å². The summed E-state index contributed by atoms with van der Waals surface area (Å²) in [5.74, 6) is 1.85. The second-order valence-corrected chi connectivity index (χ2v) is 6.13. The third kappa shape index (κ3) is 3.91. The zero-order valence-corrected chi connectivity index (χ0v) is 16.9. The molecular weight excluding hydrogens is 378 g/mol. The molecule has 2 atom stereocenters. The van der Waals surface area contributed by atoms with Crippen molar-refractivity contribution in [2.75, 3.05) is 35.5 Å².